The molecule has 11 heteroatoms. The molecule has 0 atom stereocenters. The Labute approximate surface area is 130 Å². The summed E-state index contributed by atoms with van der Waals surface area (Å²) in [5, 5.41) is 4.94. The topological polar surface area (TPSA) is 88.4 Å². The Hall–Kier alpha value is -1.17. The molecule has 3 aromatic rings. The van der Waals surface area contributed by atoms with Crippen LogP contribution >= 0.6 is 38.6 Å². The van der Waals surface area contributed by atoms with E-state index >= 15 is 0 Å². The Kier molecular flexibility index (Phi) is 3.44. The van der Waals surface area contributed by atoms with Crippen LogP contribution in [-0.4, -0.2) is 29.8 Å². The van der Waals surface area contributed by atoms with E-state index in [1.54, 1.807) is 18.6 Å². The number of nitrogens with one attached hydrogen (secondary N) is 2. The number of aromatic nitrogens is 3. The predicted octanol–water partition coefficient (Wildman–Crippen LogP) is 2.46. The van der Waals surface area contributed by atoms with E-state index in [9.17, 15) is 8.42 Å². The molecule has 3 aromatic heterocycles. The second-order valence-electron chi connectivity index (χ2n) is 3.65. The number of thiazole rings is 2. The van der Waals surface area contributed by atoms with Gasteiger partial charge < -0.3 is 5.32 Å². The van der Waals surface area contributed by atoms with E-state index in [-0.39, 0.29) is 5.03 Å². The van der Waals surface area contributed by atoms with Crippen LogP contribution in [0.5, 0.6) is 0 Å². The van der Waals surface area contributed by atoms with E-state index < -0.39 is 10.0 Å². The summed E-state index contributed by atoms with van der Waals surface area (Å²) in [4.78, 5) is 8.80. The second kappa shape index (κ2) is 4.98. The Balaban J connectivity index is 2.10. The molecule has 0 saturated carbocycles. The largest absolute Gasteiger partial charge is 0.371 e. The maximum atomic E-state index is 12.5. The van der Waals surface area contributed by atoms with Crippen LogP contribution in [-0.2, 0) is 10.0 Å². The van der Waals surface area contributed by atoms with Gasteiger partial charge in [-0.2, -0.15) is 8.42 Å². The Morgan fingerprint density at radius 2 is 2.25 bits per heavy atom. The number of imidazole rings is 1. The Morgan fingerprint density at radius 3 is 2.90 bits per heavy atom. The lowest BCUT2D eigenvalue weighted by Crippen LogP contribution is -2.16. The van der Waals surface area contributed by atoms with Crippen molar-refractivity contribution in [2.24, 2.45) is 0 Å². The van der Waals surface area contributed by atoms with Gasteiger partial charge in [-0.25, -0.2) is 9.97 Å². The van der Waals surface area contributed by atoms with Crippen LogP contribution in [0.15, 0.2) is 26.6 Å². The standard InChI is InChI=1S/C9H8BrN5O2S3/c1-11-6-7(15-2-3-18-9(15)13-6)20(16,17)14-8-12-4-5(10)19-8/h2-4,11H,1H3,(H,12,14). The highest BCUT2D eigenvalue weighted by atomic mass is 79.9. The highest BCUT2D eigenvalue weighted by Gasteiger charge is 2.26. The molecule has 3 heterocycles. The van der Waals surface area contributed by atoms with Crippen molar-refractivity contribution in [1.29, 1.82) is 0 Å². The van der Waals surface area contributed by atoms with E-state index in [2.05, 4.69) is 35.9 Å². The normalized spacial score (nSPS) is 11.9. The minimum atomic E-state index is -3.77. The number of anilines is 2. The van der Waals surface area contributed by atoms with Gasteiger partial charge in [0.1, 0.15) is 0 Å². The molecule has 7 nitrogen and oxygen atoms in total. The number of nitrogens with zero attached hydrogens (tertiary/aromatic N) is 3. The summed E-state index contributed by atoms with van der Waals surface area (Å²) in [6.07, 6.45) is 3.21. The molecule has 106 valence electrons. The van der Waals surface area contributed by atoms with Crippen molar-refractivity contribution in [2.45, 2.75) is 5.03 Å². The molecule has 20 heavy (non-hydrogen) atoms. The third-order valence-corrected chi connectivity index (χ3v) is 6.05. The molecule has 0 aromatic carbocycles. The number of sulfonamides is 1. The smallest absolute Gasteiger partial charge is 0.283 e. The van der Waals surface area contributed by atoms with Crippen molar-refractivity contribution in [1.82, 2.24) is 14.4 Å². The zero-order valence-corrected chi connectivity index (χ0v) is 14.0. The molecule has 0 aliphatic rings. The van der Waals surface area contributed by atoms with Gasteiger partial charge in [0.15, 0.2) is 15.9 Å². The summed E-state index contributed by atoms with van der Waals surface area (Å²) in [7, 11) is -2.14. The summed E-state index contributed by atoms with van der Waals surface area (Å²) in [5.41, 5.74) is 0. The molecule has 0 fully saturated rings. The zero-order chi connectivity index (χ0) is 14.3. The minimum Gasteiger partial charge on any atom is -0.371 e. The molecule has 0 bridgehead atoms. The van der Waals surface area contributed by atoms with E-state index in [0.29, 0.717) is 15.9 Å². The van der Waals surface area contributed by atoms with Gasteiger partial charge in [-0.15, -0.1) is 11.3 Å². The maximum Gasteiger partial charge on any atom is 0.283 e. The fourth-order valence-corrected chi connectivity index (χ4v) is 5.06. The average molecular weight is 394 g/mol. The first-order chi connectivity index (χ1) is 9.51. The zero-order valence-electron chi connectivity index (χ0n) is 9.99. The van der Waals surface area contributed by atoms with Crippen molar-refractivity contribution >= 4 is 64.5 Å². The number of fused-ring (bicyclic) bond motifs is 1. The van der Waals surface area contributed by atoms with Gasteiger partial charge in [0, 0.05) is 18.6 Å². The van der Waals surface area contributed by atoms with Gasteiger partial charge in [0.05, 0.1) is 9.98 Å². The van der Waals surface area contributed by atoms with Crippen LogP contribution in [0.25, 0.3) is 4.96 Å². The Bertz CT molecular complexity index is 865. The fourth-order valence-electron chi connectivity index (χ4n) is 1.65. The highest BCUT2D eigenvalue weighted by Crippen LogP contribution is 2.29. The molecule has 3 rings (SSSR count). The molecule has 2 N–H and O–H groups in total. The van der Waals surface area contributed by atoms with Gasteiger partial charge in [-0.05, 0) is 15.9 Å². The molecule has 0 unspecified atom stereocenters. The van der Waals surface area contributed by atoms with E-state index in [1.807, 2.05) is 0 Å². The molecular formula is C9H8BrN5O2S3. The van der Waals surface area contributed by atoms with Crippen LogP contribution in [0, 0.1) is 0 Å². The summed E-state index contributed by atoms with van der Waals surface area (Å²) in [6, 6.07) is 0. The van der Waals surface area contributed by atoms with Crippen LogP contribution < -0.4 is 10.0 Å². The molecule has 0 aliphatic carbocycles. The average Bonchev–Trinajstić information content (AvgIpc) is 3.02. The van der Waals surface area contributed by atoms with Crippen molar-refractivity contribution in [2.75, 3.05) is 17.1 Å². The van der Waals surface area contributed by atoms with E-state index in [1.165, 1.54) is 33.3 Å². The number of halogens is 1. The SMILES string of the molecule is CNc1nc2sccn2c1S(=O)(=O)Nc1ncc(Br)s1. The van der Waals surface area contributed by atoms with Crippen LogP contribution in [0.4, 0.5) is 10.9 Å². The number of rotatable bonds is 4. The lowest BCUT2D eigenvalue weighted by Gasteiger charge is -2.06. The van der Waals surface area contributed by atoms with Crippen molar-refractivity contribution < 1.29 is 8.42 Å². The maximum absolute atomic E-state index is 12.5. The number of hydrogen-bond donors (Lipinski definition) is 2. The van der Waals surface area contributed by atoms with Crippen LogP contribution in [0.3, 0.4) is 0 Å². The monoisotopic (exact) mass is 393 g/mol. The van der Waals surface area contributed by atoms with E-state index in [4.69, 9.17) is 0 Å². The predicted molar refractivity (Wildman–Crippen MR) is 83.2 cm³/mol. The lowest BCUT2D eigenvalue weighted by molar-refractivity contribution is 0.597. The third-order valence-electron chi connectivity index (χ3n) is 2.41. The van der Waals surface area contributed by atoms with Gasteiger partial charge in [-0.1, -0.05) is 11.3 Å². The van der Waals surface area contributed by atoms with Crippen LogP contribution in [0.1, 0.15) is 0 Å². The van der Waals surface area contributed by atoms with Gasteiger partial charge in [0.2, 0.25) is 5.03 Å². The molecule has 0 radical (unpaired) electrons. The fraction of sp³-hybridized carbons (Fsp3) is 0.111. The molecule has 0 saturated heterocycles. The first kappa shape index (κ1) is 13.8. The lowest BCUT2D eigenvalue weighted by atomic mass is 10.7. The first-order valence-electron chi connectivity index (χ1n) is 5.29. The molecular weight excluding hydrogens is 386 g/mol. The van der Waals surface area contributed by atoms with E-state index in [0.717, 1.165) is 3.79 Å². The molecule has 0 aliphatic heterocycles. The molecule has 0 spiro atoms. The number of hydrogen-bond acceptors (Lipinski definition) is 7. The van der Waals surface area contributed by atoms with Gasteiger partial charge in [0.25, 0.3) is 10.0 Å². The summed E-state index contributed by atoms with van der Waals surface area (Å²) < 4.78 is 29.7. The summed E-state index contributed by atoms with van der Waals surface area (Å²) in [5.74, 6) is 0.306. The van der Waals surface area contributed by atoms with Crippen molar-refractivity contribution in [3.05, 3.63) is 21.6 Å². The second-order valence-corrected chi connectivity index (χ2v) is 8.53. The summed E-state index contributed by atoms with van der Waals surface area (Å²) >= 11 is 5.81. The Morgan fingerprint density at radius 1 is 1.45 bits per heavy atom. The minimum absolute atomic E-state index is 0.0718. The van der Waals surface area contributed by atoms with Gasteiger partial charge in [-0.3, -0.25) is 9.12 Å². The van der Waals surface area contributed by atoms with Crippen LogP contribution in [0.2, 0.25) is 0 Å². The van der Waals surface area contributed by atoms with Crippen molar-refractivity contribution in [3.8, 4) is 0 Å². The molecule has 0 amide bonds. The third kappa shape index (κ3) is 2.30. The summed E-state index contributed by atoms with van der Waals surface area (Å²) in [6.45, 7) is 0. The quantitative estimate of drug-likeness (QED) is 0.710. The highest BCUT2D eigenvalue weighted by molar-refractivity contribution is 9.11. The van der Waals surface area contributed by atoms with Crippen molar-refractivity contribution in [3.63, 3.8) is 0 Å². The van der Waals surface area contributed by atoms with Gasteiger partial charge >= 0.3 is 0 Å². The first-order valence-corrected chi connectivity index (χ1v) is 9.26.